The van der Waals surface area contributed by atoms with Gasteiger partial charge in [-0.15, -0.1) is 13.2 Å². The van der Waals surface area contributed by atoms with Crippen LogP contribution < -0.4 is 4.74 Å². The fraction of sp³-hybridized carbons (Fsp3) is 0.286. The first-order valence-electron chi connectivity index (χ1n) is 3.89. The van der Waals surface area contributed by atoms with Crippen LogP contribution in [-0.4, -0.2) is 16.3 Å². The molecule has 94 valence electrons. The maximum absolute atomic E-state index is 12.3. The Morgan fingerprint density at radius 3 is 2.41 bits per heavy atom. The van der Waals surface area contributed by atoms with E-state index in [9.17, 15) is 32.1 Å². The van der Waals surface area contributed by atoms with Gasteiger partial charge in [-0.1, -0.05) is 0 Å². The van der Waals surface area contributed by atoms with Crippen molar-refractivity contribution in [2.24, 2.45) is 0 Å². The van der Waals surface area contributed by atoms with Crippen molar-refractivity contribution >= 4 is 5.69 Å². The number of nitro groups is 1. The van der Waals surface area contributed by atoms with Gasteiger partial charge < -0.3 is 4.74 Å². The summed E-state index contributed by atoms with van der Waals surface area (Å²) in [6.07, 6.45) is -8.15. The Morgan fingerprint density at radius 1 is 1.41 bits per heavy atom. The van der Waals surface area contributed by atoms with E-state index in [0.29, 0.717) is 12.3 Å². The Bertz CT molecular complexity index is 434. The molecule has 0 aliphatic rings. The summed E-state index contributed by atoms with van der Waals surface area (Å²) in [7, 11) is 0. The smallest absolute Gasteiger partial charge is 0.396 e. The maximum Gasteiger partial charge on any atom is 0.573 e. The summed E-state index contributed by atoms with van der Waals surface area (Å²) in [6.45, 7) is 0. The normalized spacial score (nSPS) is 11.6. The molecule has 0 saturated carbocycles. The first-order valence-corrected chi connectivity index (χ1v) is 3.89. The number of alkyl halides is 5. The second-order valence-corrected chi connectivity index (χ2v) is 2.65. The van der Waals surface area contributed by atoms with E-state index in [1.807, 2.05) is 0 Å². The third-order valence-electron chi connectivity index (χ3n) is 1.53. The highest BCUT2D eigenvalue weighted by Gasteiger charge is 2.38. The molecule has 5 nitrogen and oxygen atoms in total. The topological polar surface area (TPSA) is 65.3 Å². The van der Waals surface area contributed by atoms with Gasteiger partial charge in [0.2, 0.25) is 5.75 Å². The minimum atomic E-state index is -5.32. The zero-order chi connectivity index (χ0) is 13.2. The zero-order valence-electron chi connectivity index (χ0n) is 7.74. The SMILES string of the molecule is O=[N+]([O-])c1ccnc(C(F)F)c1OC(F)(F)F. The second kappa shape index (κ2) is 4.47. The van der Waals surface area contributed by atoms with Gasteiger partial charge in [-0.05, 0) is 0 Å². The largest absolute Gasteiger partial charge is 0.573 e. The first-order chi connectivity index (χ1) is 7.72. The second-order valence-electron chi connectivity index (χ2n) is 2.65. The van der Waals surface area contributed by atoms with Crippen LogP contribution in [-0.2, 0) is 0 Å². The van der Waals surface area contributed by atoms with E-state index in [1.54, 1.807) is 0 Å². The first kappa shape index (κ1) is 13.1. The number of nitrogens with zero attached hydrogens (tertiary/aromatic N) is 2. The molecule has 0 atom stereocenters. The van der Waals surface area contributed by atoms with Gasteiger partial charge in [0.05, 0.1) is 4.92 Å². The van der Waals surface area contributed by atoms with Crippen molar-refractivity contribution in [1.82, 2.24) is 4.98 Å². The Balaban J connectivity index is 3.34. The summed E-state index contributed by atoms with van der Waals surface area (Å²) in [6, 6.07) is 0.535. The van der Waals surface area contributed by atoms with Gasteiger partial charge in [-0.3, -0.25) is 15.1 Å². The van der Waals surface area contributed by atoms with Gasteiger partial charge in [-0.25, -0.2) is 8.78 Å². The van der Waals surface area contributed by atoms with Crippen LogP contribution in [0.1, 0.15) is 12.1 Å². The van der Waals surface area contributed by atoms with Gasteiger partial charge in [-0.2, -0.15) is 0 Å². The molecule has 0 fully saturated rings. The molecular weight excluding hydrogens is 255 g/mol. The summed E-state index contributed by atoms with van der Waals surface area (Å²) in [5.41, 5.74) is -2.66. The van der Waals surface area contributed by atoms with E-state index in [1.165, 1.54) is 0 Å². The predicted octanol–water partition coefficient (Wildman–Crippen LogP) is 2.83. The van der Waals surface area contributed by atoms with Crippen molar-refractivity contribution in [3.05, 3.63) is 28.1 Å². The molecule has 1 heterocycles. The molecule has 0 aromatic carbocycles. The summed E-state index contributed by atoms with van der Waals surface area (Å²) in [5.74, 6) is -1.60. The molecule has 17 heavy (non-hydrogen) atoms. The molecule has 0 N–H and O–H groups in total. The van der Waals surface area contributed by atoms with Crippen LogP contribution in [0.15, 0.2) is 12.3 Å². The lowest BCUT2D eigenvalue weighted by molar-refractivity contribution is -0.388. The molecule has 1 aromatic rings. The summed E-state index contributed by atoms with van der Waals surface area (Å²) >= 11 is 0. The quantitative estimate of drug-likeness (QED) is 0.475. The number of aromatic nitrogens is 1. The highest BCUT2D eigenvalue weighted by molar-refractivity contribution is 5.49. The molecule has 1 rings (SSSR count). The molecular formula is C7H3F5N2O3. The Labute approximate surface area is 90.0 Å². The van der Waals surface area contributed by atoms with E-state index in [2.05, 4.69) is 9.72 Å². The minimum absolute atomic E-state index is 0.535. The zero-order valence-corrected chi connectivity index (χ0v) is 7.74. The predicted molar refractivity (Wildman–Crippen MR) is 42.5 cm³/mol. The Kier molecular flexibility index (Phi) is 3.44. The van der Waals surface area contributed by atoms with Crippen LogP contribution >= 0.6 is 0 Å². The highest BCUT2D eigenvalue weighted by atomic mass is 19.4. The van der Waals surface area contributed by atoms with E-state index >= 15 is 0 Å². The summed E-state index contributed by atoms with van der Waals surface area (Å²) in [4.78, 5) is 12.0. The summed E-state index contributed by atoms with van der Waals surface area (Å²) in [5, 5.41) is 10.4. The van der Waals surface area contributed by atoms with Crippen LogP contribution in [0, 0.1) is 10.1 Å². The van der Waals surface area contributed by atoms with E-state index in [0.717, 1.165) is 0 Å². The fourth-order valence-corrected chi connectivity index (χ4v) is 0.973. The van der Waals surface area contributed by atoms with Gasteiger partial charge in [0, 0.05) is 12.3 Å². The average molecular weight is 258 g/mol. The van der Waals surface area contributed by atoms with E-state index in [4.69, 9.17) is 0 Å². The average Bonchev–Trinajstić information content (AvgIpc) is 2.14. The highest BCUT2D eigenvalue weighted by Crippen LogP contribution is 2.38. The number of ether oxygens (including phenoxy) is 1. The van der Waals surface area contributed by atoms with Crippen LogP contribution in [0.3, 0.4) is 0 Å². The lowest BCUT2D eigenvalue weighted by Crippen LogP contribution is -2.19. The molecule has 10 heteroatoms. The van der Waals surface area contributed by atoms with Crippen molar-refractivity contribution in [3.8, 4) is 5.75 Å². The molecule has 0 amide bonds. The van der Waals surface area contributed by atoms with Gasteiger partial charge in [0.15, 0.2) is 5.69 Å². The molecule has 0 aliphatic heterocycles. The number of hydrogen-bond acceptors (Lipinski definition) is 4. The lowest BCUT2D eigenvalue weighted by atomic mass is 10.3. The molecule has 0 spiro atoms. The number of hydrogen-bond donors (Lipinski definition) is 0. The monoisotopic (exact) mass is 258 g/mol. The fourth-order valence-electron chi connectivity index (χ4n) is 0.973. The van der Waals surface area contributed by atoms with Gasteiger partial charge >= 0.3 is 12.0 Å². The Morgan fingerprint density at radius 2 is 2.00 bits per heavy atom. The standard InChI is InChI=1S/C7H3F5N2O3/c8-6(9)4-5(17-7(10,11)12)3(14(15)16)1-2-13-4/h1-2,6H. The molecule has 1 aromatic heterocycles. The number of halogens is 5. The number of rotatable bonds is 3. The van der Waals surface area contributed by atoms with Gasteiger partial charge in [0.25, 0.3) is 6.43 Å². The van der Waals surface area contributed by atoms with Crippen molar-refractivity contribution in [3.63, 3.8) is 0 Å². The third-order valence-corrected chi connectivity index (χ3v) is 1.53. The minimum Gasteiger partial charge on any atom is -0.396 e. The van der Waals surface area contributed by atoms with Gasteiger partial charge in [0.1, 0.15) is 0 Å². The maximum atomic E-state index is 12.3. The number of pyridine rings is 1. The van der Waals surface area contributed by atoms with Crippen LogP contribution in [0.4, 0.5) is 27.6 Å². The van der Waals surface area contributed by atoms with Crippen molar-refractivity contribution in [2.75, 3.05) is 0 Å². The summed E-state index contributed by atoms with van der Waals surface area (Å²) < 4.78 is 63.6. The third kappa shape index (κ3) is 3.23. The van der Waals surface area contributed by atoms with Crippen LogP contribution in [0.2, 0.25) is 0 Å². The molecule has 0 unspecified atom stereocenters. The van der Waals surface area contributed by atoms with Crippen molar-refractivity contribution < 1.29 is 31.6 Å². The molecule has 0 saturated heterocycles. The van der Waals surface area contributed by atoms with E-state index < -0.39 is 34.8 Å². The van der Waals surface area contributed by atoms with Crippen LogP contribution in [0.5, 0.6) is 5.75 Å². The lowest BCUT2D eigenvalue weighted by Gasteiger charge is -2.11. The van der Waals surface area contributed by atoms with Crippen LogP contribution in [0.25, 0.3) is 0 Å². The van der Waals surface area contributed by atoms with Crippen molar-refractivity contribution in [2.45, 2.75) is 12.8 Å². The van der Waals surface area contributed by atoms with E-state index in [-0.39, 0.29) is 0 Å². The molecule has 0 radical (unpaired) electrons. The molecule has 0 bridgehead atoms. The Hall–Kier alpha value is -2.00. The van der Waals surface area contributed by atoms with Crippen molar-refractivity contribution in [1.29, 1.82) is 0 Å². The molecule has 0 aliphatic carbocycles.